The lowest BCUT2D eigenvalue weighted by atomic mass is 9.94. The number of rotatable bonds is 4. The summed E-state index contributed by atoms with van der Waals surface area (Å²) in [6.07, 6.45) is 1.17. The van der Waals surface area contributed by atoms with Gasteiger partial charge in [-0.15, -0.1) is 0 Å². The monoisotopic (exact) mass is 278 g/mol. The molecule has 0 amide bonds. The van der Waals surface area contributed by atoms with Crippen LogP contribution in [0.2, 0.25) is 0 Å². The third-order valence-corrected chi connectivity index (χ3v) is 4.21. The Bertz CT molecular complexity index is 489. The molecule has 2 heterocycles. The van der Waals surface area contributed by atoms with Crippen LogP contribution in [0.4, 0.5) is 11.6 Å². The van der Waals surface area contributed by atoms with Gasteiger partial charge >= 0.3 is 0 Å². The number of ether oxygens (including phenoxy) is 1. The van der Waals surface area contributed by atoms with Gasteiger partial charge in [0.15, 0.2) is 0 Å². The van der Waals surface area contributed by atoms with E-state index in [1.54, 1.807) is 0 Å². The fourth-order valence-corrected chi connectivity index (χ4v) is 2.43. The zero-order valence-electron chi connectivity index (χ0n) is 13.4. The molecule has 1 aliphatic heterocycles. The number of aromatic nitrogens is 2. The maximum atomic E-state index is 5.69. The van der Waals surface area contributed by atoms with Gasteiger partial charge in [0.2, 0.25) is 0 Å². The minimum absolute atomic E-state index is 0.0711. The molecule has 2 atom stereocenters. The molecule has 2 unspecified atom stereocenters. The first-order valence-electron chi connectivity index (χ1n) is 7.33. The van der Waals surface area contributed by atoms with Crippen molar-refractivity contribution < 1.29 is 4.74 Å². The average Bonchev–Trinajstić information content (AvgIpc) is 2.71. The van der Waals surface area contributed by atoms with E-state index in [-0.39, 0.29) is 11.6 Å². The standard InChI is InChI=1S/C15H26N4O/c1-9(2)12-17-13(16-6)10(3)14(18-12)19-15(5)7-8-20-11(15)4/h9,11H,7-8H2,1-6H3,(H2,16,17,18,19). The zero-order valence-corrected chi connectivity index (χ0v) is 13.4. The Labute approximate surface area is 121 Å². The molecule has 0 saturated carbocycles. The highest BCUT2D eigenvalue weighted by atomic mass is 16.5. The summed E-state index contributed by atoms with van der Waals surface area (Å²) in [5.74, 6) is 2.96. The fourth-order valence-electron chi connectivity index (χ4n) is 2.43. The van der Waals surface area contributed by atoms with Crippen LogP contribution in [0.3, 0.4) is 0 Å². The van der Waals surface area contributed by atoms with Crippen LogP contribution in [0.5, 0.6) is 0 Å². The molecule has 5 nitrogen and oxygen atoms in total. The van der Waals surface area contributed by atoms with Crippen molar-refractivity contribution in [2.45, 2.75) is 58.6 Å². The molecule has 2 rings (SSSR count). The molecular weight excluding hydrogens is 252 g/mol. The fraction of sp³-hybridized carbons (Fsp3) is 0.733. The van der Waals surface area contributed by atoms with E-state index in [2.05, 4.69) is 43.3 Å². The molecule has 1 saturated heterocycles. The second kappa shape index (κ2) is 5.56. The summed E-state index contributed by atoms with van der Waals surface area (Å²) >= 11 is 0. The molecule has 112 valence electrons. The summed E-state index contributed by atoms with van der Waals surface area (Å²) in [6, 6.07) is 0. The van der Waals surface area contributed by atoms with Gasteiger partial charge in [0, 0.05) is 25.1 Å². The first kappa shape index (κ1) is 15.0. The summed E-state index contributed by atoms with van der Waals surface area (Å²) in [5.41, 5.74) is 0.982. The van der Waals surface area contributed by atoms with Crippen LogP contribution in [-0.4, -0.2) is 35.3 Å². The van der Waals surface area contributed by atoms with E-state index in [1.807, 2.05) is 14.0 Å². The van der Waals surface area contributed by atoms with Crippen LogP contribution in [0.25, 0.3) is 0 Å². The third kappa shape index (κ3) is 2.73. The molecular formula is C15H26N4O. The molecule has 20 heavy (non-hydrogen) atoms. The summed E-state index contributed by atoms with van der Waals surface area (Å²) < 4.78 is 5.69. The first-order chi connectivity index (χ1) is 9.37. The van der Waals surface area contributed by atoms with E-state index in [0.29, 0.717) is 5.92 Å². The highest BCUT2D eigenvalue weighted by molar-refractivity contribution is 5.58. The van der Waals surface area contributed by atoms with Gasteiger partial charge in [-0.2, -0.15) is 0 Å². The van der Waals surface area contributed by atoms with E-state index in [1.165, 1.54) is 0 Å². The van der Waals surface area contributed by atoms with Crippen LogP contribution >= 0.6 is 0 Å². The van der Waals surface area contributed by atoms with Crippen LogP contribution in [0, 0.1) is 6.92 Å². The Morgan fingerprint density at radius 2 is 1.95 bits per heavy atom. The molecule has 2 N–H and O–H groups in total. The molecule has 1 aromatic heterocycles. The van der Waals surface area contributed by atoms with E-state index in [0.717, 1.165) is 36.1 Å². The van der Waals surface area contributed by atoms with Crippen molar-refractivity contribution in [1.82, 2.24) is 9.97 Å². The average molecular weight is 278 g/mol. The summed E-state index contributed by atoms with van der Waals surface area (Å²) in [6.45, 7) is 11.4. The largest absolute Gasteiger partial charge is 0.376 e. The SMILES string of the molecule is CNc1nc(C(C)C)nc(NC2(C)CCOC2C)c1C. The third-order valence-electron chi connectivity index (χ3n) is 4.21. The van der Waals surface area contributed by atoms with Crippen molar-refractivity contribution in [1.29, 1.82) is 0 Å². The van der Waals surface area contributed by atoms with Gasteiger partial charge in [0.1, 0.15) is 17.5 Å². The number of hydrogen-bond acceptors (Lipinski definition) is 5. The lowest BCUT2D eigenvalue weighted by molar-refractivity contribution is 0.105. The molecule has 5 heteroatoms. The molecule has 0 spiro atoms. The summed E-state index contributed by atoms with van der Waals surface area (Å²) in [7, 11) is 1.90. The van der Waals surface area contributed by atoms with Gasteiger partial charge in [-0.25, -0.2) is 9.97 Å². The second-order valence-electron chi connectivity index (χ2n) is 6.11. The highest BCUT2D eigenvalue weighted by Crippen LogP contribution is 2.32. The van der Waals surface area contributed by atoms with Crippen molar-refractivity contribution in [3.63, 3.8) is 0 Å². The number of nitrogens with zero attached hydrogens (tertiary/aromatic N) is 2. The summed E-state index contributed by atoms with van der Waals surface area (Å²) in [5, 5.41) is 6.75. The molecule has 0 aliphatic carbocycles. The zero-order chi connectivity index (χ0) is 14.9. The summed E-state index contributed by atoms with van der Waals surface area (Å²) in [4.78, 5) is 9.28. The predicted molar refractivity (Wildman–Crippen MR) is 82.5 cm³/mol. The number of anilines is 2. The van der Waals surface area contributed by atoms with E-state index >= 15 is 0 Å². The Kier molecular flexibility index (Phi) is 4.18. The predicted octanol–water partition coefficient (Wildman–Crippen LogP) is 2.93. The molecule has 1 fully saturated rings. The Morgan fingerprint density at radius 1 is 1.30 bits per heavy atom. The van der Waals surface area contributed by atoms with E-state index in [9.17, 15) is 0 Å². The van der Waals surface area contributed by atoms with Gasteiger partial charge in [-0.3, -0.25) is 0 Å². The van der Waals surface area contributed by atoms with Gasteiger partial charge in [-0.05, 0) is 27.2 Å². The minimum atomic E-state index is -0.0711. The van der Waals surface area contributed by atoms with Crippen molar-refractivity contribution in [2.75, 3.05) is 24.3 Å². The maximum absolute atomic E-state index is 5.69. The second-order valence-corrected chi connectivity index (χ2v) is 6.11. The lowest BCUT2D eigenvalue weighted by Gasteiger charge is -2.30. The Balaban J connectivity index is 2.37. The molecule has 1 aromatic rings. The Hall–Kier alpha value is -1.36. The normalized spacial score (nSPS) is 26.1. The van der Waals surface area contributed by atoms with Gasteiger partial charge in [-0.1, -0.05) is 13.8 Å². The van der Waals surface area contributed by atoms with E-state index in [4.69, 9.17) is 9.72 Å². The number of hydrogen-bond donors (Lipinski definition) is 2. The molecule has 0 radical (unpaired) electrons. The van der Waals surface area contributed by atoms with Crippen molar-refractivity contribution in [2.24, 2.45) is 0 Å². The van der Waals surface area contributed by atoms with Gasteiger partial charge in [0.25, 0.3) is 0 Å². The Morgan fingerprint density at radius 3 is 2.45 bits per heavy atom. The van der Waals surface area contributed by atoms with Crippen molar-refractivity contribution in [3.8, 4) is 0 Å². The molecule has 1 aliphatic rings. The lowest BCUT2D eigenvalue weighted by Crippen LogP contribution is -2.41. The topological polar surface area (TPSA) is 59.1 Å². The molecule has 0 aromatic carbocycles. The number of nitrogens with one attached hydrogen (secondary N) is 2. The van der Waals surface area contributed by atoms with Gasteiger partial charge < -0.3 is 15.4 Å². The van der Waals surface area contributed by atoms with Gasteiger partial charge in [0.05, 0.1) is 11.6 Å². The van der Waals surface area contributed by atoms with Crippen molar-refractivity contribution >= 4 is 11.6 Å². The van der Waals surface area contributed by atoms with Crippen LogP contribution in [0.1, 0.15) is 51.4 Å². The van der Waals surface area contributed by atoms with Crippen LogP contribution < -0.4 is 10.6 Å². The smallest absolute Gasteiger partial charge is 0.135 e. The quantitative estimate of drug-likeness (QED) is 0.887. The van der Waals surface area contributed by atoms with E-state index < -0.39 is 0 Å². The minimum Gasteiger partial charge on any atom is -0.376 e. The first-order valence-corrected chi connectivity index (χ1v) is 7.33. The maximum Gasteiger partial charge on any atom is 0.135 e. The van der Waals surface area contributed by atoms with Crippen LogP contribution in [-0.2, 0) is 4.74 Å². The van der Waals surface area contributed by atoms with Crippen molar-refractivity contribution in [3.05, 3.63) is 11.4 Å². The van der Waals surface area contributed by atoms with Crippen LogP contribution in [0.15, 0.2) is 0 Å². The highest BCUT2D eigenvalue weighted by Gasteiger charge is 2.37. The molecule has 0 bridgehead atoms.